The quantitative estimate of drug-likeness (QED) is 0.616. The molecule has 3 aromatic rings. The van der Waals surface area contributed by atoms with Gasteiger partial charge in [0.15, 0.2) is 0 Å². The van der Waals surface area contributed by atoms with Crippen LogP contribution in [-0.4, -0.2) is 55.7 Å². The minimum Gasteiger partial charge on any atom is -0.477 e. The van der Waals surface area contributed by atoms with Gasteiger partial charge in [0, 0.05) is 37.5 Å². The highest BCUT2D eigenvalue weighted by Gasteiger charge is 2.38. The van der Waals surface area contributed by atoms with E-state index in [1.54, 1.807) is 18.5 Å². The number of aliphatic carboxylic acids is 1. The molecule has 0 bridgehead atoms. The molecule has 0 radical (unpaired) electrons. The zero-order valence-electron chi connectivity index (χ0n) is 17.3. The minimum atomic E-state index is -5.08. The van der Waals surface area contributed by atoms with Crippen LogP contribution in [0.5, 0.6) is 5.88 Å². The Balaban J connectivity index is 0.000000383. The largest absolute Gasteiger partial charge is 0.490 e. The first-order valence-electron chi connectivity index (χ1n) is 9.85. The molecule has 0 aliphatic carbocycles. The number of ether oxygens (including phenoxy) is 1. The number of carboxylic acid groups (broad SMARTS) is 1. The van der Waals surface area contributed by atoms with E-state index < -0.39 is 12.1 Å². The summed E-state index contributed by atoms with van der Waals surface area (Å²) >= 11 is 0. The van der Waals surface area contributed by atoms with Crippen LogP contribution >= 0.6 is 0 Å². The lowest BCUT2D eigenvalue weighted by Crippen LogP contribution is -2.36. The third kappa shape index (κ3) is 7.09. The van der Waals surface area contributed by atoms with Gasteiger partial charge in [0.05, 0.1) is 37.9 Å². The number of imidazole rings is 1. The van der Waals surface area contributed by atoms with E-state index in [2.05, 4.69) is 14.5 Å². The second kappa shape index (κ2) is 10.7. The Hall–Kier alpha value is -3.83. The number of pyridine rings is 1. The third-order valence-electron chi connectivity index (χ3n) is 4.69. The predicted molar refractivity (Wildman–Crippen MR) is 107 cm³/mol. The average Bonchev–Trinajstić information content (AvgIpc) is 3.41. The number of carbonyl (C=O) groups is 2. The van der Waals surface area contributed by atoms with E-state index in [1.165, 1.54) is 0 Å². The molecular weight excluding hydrogens is 445 g/mol. The Morgan fingerprint density at radius 1 is 1.21 bits per heavy atom. The number of carboxylic acids is 1. The maximum atomic E-state index is 12.8. The number of halogens is 3. The number of carbonyl (C=O) groups excluding carboxylic acids is 1. The Morgan fingerprint density at radius 3 is 2.64 bits per heavy atom. The molecule has 1 N–H and O–H groups in total. The van der Waals surface area contributed by atoms with E-state index in [-0.39, 0.29) is 18.2 Å². The van der Waals surface area contributed by atoms with Crippen molar-refractivity contribution in [3.63, 3.8) is 0 Å². The fourth-order valence-electron chi connectivity index (χ4n) is 3.16. The van der Waals surface area contributed by atoms with Gasteiger partial charge in [-0.05, 0) is 18.2 Å². The summed E-state index contributed by atoms with van der Waals surface area (Å²) in [5.41, 5.74) is 1.03. The van der Waals surface area contributed by atoms with Crippen molar-refractivity contribution >= 4 is 11.9 Å². The monoisotopic (exact) mass is 466 g/mol. The fourth-order valence-corrected chi connectivity index (χ4v) is 3.16. The Morgan fingerprint density at radius 2 is 2.00 bits per heavy atom. The van der Waals surface area contributed by atoms with Crippen LogP contribution in [0.15, 0.2) is 59.7 Å². The van der Waals surface area contributed by atoms with Crippen LogP contribution in [0, 0.1) is 5.92 Å². The van der Waals surface area contributed by atoms with Crippen molar-refractivity contribution in [3.05, 3.63) is 66.8 Å². The smallest absolute Gasteiger partial charge is 0.477 e. The summed E-state index contributed by atoms with van der Waals surface area (Å²) in [4.78, 5) is 31.9. The van der Waals surface area contributed by atoms with Crippen LogP contribution in [0.1, 0.15) is 11.5 Å². The van der Waals surface area contributed by atoms with E-state index in [0.29, 0.717) is 31.3 Å². The number of nitrogens with zero attached hydrogens (tertiary/aromatic N) is 4. The Bertz CT molecular complexity index is 1040. The van der Waals surface area contributed by atoms with Crippen molar-refractivity contribution in [1.29, 1.82) is 0 Å². The molecule has 0 fully saturated rings. The summed E-state index contributed by atoms with van der Waals surface area (Å²) in [6, 6.07) is 9.19. The van der Waals surface area contributed by atoms with Crippen LogP contribution in [0.4, 0.5) is 13.2 Å². The Labute approximate surface area is 186 Å². The van der Waals surface area contributed by atoms with Gasteiger partial charge in [-0.1, -0.05) is 6.07 Å². The fraction of sp³-hybridized carbons (Fsp3) is 0.333. The summed E-state index contributed by atoms with van der Waals surface area (Å²) in [6.45, 7) is 2.40. The first kappa shape index (κ1) is 23.8. The number of rotatable bonds is 5. The maximum absolute atomic E-state index is 12.8. The topological polar surface area (TPSA) is 111 Å². The molecule has 12 heteroatoms. The van der Waals surface area contributed by atoms with Gasteiger partial charge in [-0.15, -0.1) is 0 Å². The molecule has 4 rings (SSSR count). The van der Waals surface area contributed by atoms with Gasteiger partial charge in [0.25, 0.3) is 0 Å². The molecule has 0 aromatic carbocycles. The van der Waals surface area contributed by atoms with Crippen LogP contribution < -0.4 is 4.74 Å². The lowest BCUT2D eigenvalue weighted by molar-refractivity contribution is -0.192. The molecule has 1 atom stereocenters. The van der Waals surface area contributed by atoms with Gasteiger partial charge >= 0.3 is 12.1 Å². The van der Waals surface area contributed by atoms with E-state index >= 15 is 0 Å². The second-order valence-electron chi connectivity index (χ2n) is 7.22. The van der Waals surface area contributed by atoms with Gasteiger partial charge in [0.2, 0.25) is 11.8 Å². The van der Waals surface area contributed by atoms with Gasteiger partial charge in [-0.25, -0.2) is 14.8 Å². The molecule has 1 aliphatic rings. The van der Waals surface area contributed by atoms with Gasteiger partial charge in [-0.2, -0.15) is 13.2 Å². The van der Waals surface area contributed by atoms with Gasteiger partial charge in [-0.3, -0.25) is 4.79 Å². The lowest BCUT2D eigenvalue weighted by Gasteiger charge is -2.24. The number of fused-ring (bicyclic) bond motifs is 1. The highest BCUT2D eigenvalue weighted by Crippen LogP contribution is 2.19. The predicted octanol–water partition coefficient (Wildman–Crippen LogP) is 2.78. The van der Waals surface area contributed by atoms with Gasteiger partial charge < -0.3 is 23.7 Å². The molecule has 1 unspecified atom stereocenters. The van der Waals surface area contributed by atoms with E-state index in [4.69, 9.17) is 19.1 Å². The molecule has 176 valence electrons. The molecule has 9 nitrogen and oxygen atoms in total. The van der Waals surface area contributed by atoms with Crippen molar-refractivity contribution in [2.45, 2.75) is 25.7 Å². The maximum Gasteiger partial charge on any atom is 0.490 e. The third-order valence-corrected chi connectivity index (χ3v) is 4.69. The molecule has 0 saturated carbocycles. The van der Waals surface area contributed by atoms with E-state index in [1.807, 2.05) is 41.7 Å². The van der Waals surface area contributed by atoms with Gasteiger partial charge in [0.1, 0.15) is 5.76 Å². The van der Waals surface area contributed by atoms with Crippen LogP contribution in [0.2, 0.25) is 0 Å². The second-order valence-corrected chi connectivity index (χ2v) is 7.22. The minimum absolute atomic E-state index is 0.0393. The van der Waals surface area contributed by atoms with Crippen molar-refractivity contribution in [1.82, 2.24) is 19.4 Å². The zero-order valence-corrected chi connectivity index (χ0v) is 17.3. The molecule has 0 spiro atoms. The summed E-state index contributed by atoms with van der Waals surface area (Å²) < 4.78 is 45.0. The van der Waals surface area contributed by atoms with E-state index in [9.17, 15) is 18.0 Å². The van der Waals surface area contributed by atoms with Crippen molar-refractivity contribution in [2.75, 3.05) is 13.2 Å². The molecular formula is C21H21F3N4O5. The number of alkyl halides is 3. The van der Waals surface area contributed by atoms with E-state index in [0.717, 1.165) is 12.2 Å². The first-order chi connectivity index (χ1) is 15.7. The summed E-state index contributed by atoms with van der Waals surface area (Å²) in [5.74, 6) is -1.30. The SMILES string of the molecule is O=C(Cc1ccco1)N1Cc2cncn2CC(COc2ccccn2)C1.O=C(O)C(F)(F)F. The van der Waals surface area contributed by atoms with Crippen LogP contribution in [-0.2, 0) is 29.1 Å². The molecule has 1 amide bonds. The van der Waals surface area contributed by atoms with Crippen molar-refractivity contribution in [2.24, 2.45) is 5.92 Å². The first-order valence-corrected chi connectivity index (χ1v) is 9.85. The molecule has 0 saturated heterocycles. The molecule has 4 heterocycles. The number of furan rings is 1. The van der Waals surface area contributed by atoms with Crippen LogP contribution in [0.25, 0.3) is 0 Å². The summed E-state index contributed by atoms with van der Waals surface area (Å²) in [6.07, 6.45) is 2.09. The van der Waals surface area contributed by atoms with Crippen molar-refractivity contribution in [3.8, 4) is 5.88 Å². The lowest BCUT2D eigenvalue weighted by atomic mass is 10.1. The number of hydrogen-bond acceptors (Lipinski definition) is 6. The average molecular weight is 466 g/mol. The molecule has 1 aliphatic heterocycles. The summed E-state index contributed by atoms with van der Waals surface area (Å²) in [7, 11) is 0. The highest BCUT2D eigenvalue weighted by molar-refractivity contribution is 5.78. The van der Waals surface area contributed by atoms with Crippen molar-refractivity contribution < 1.29 is 37.0 Å². The standard InChI is InChI=1S/C19H20N4O3.C2HF3O2/c24-19(8-17-4-3-7-25-17)22-10-15(11-23-14-20-9-16(23)12-22)13-26-18-5-1-2-6-21-18;3-2(4,5)1(6)7/h1-7,9,14-15H,8,10-13H2;(H,6,7). The Kier molecular flexibility index (Phi) is 7.70. The summed E-state index contributed by atoms with van der Waals surface area (Å²) in [5, 5.41) is 7.12. The highest BCUT2D eigenvalue weighted by atomic mass is 19.4. The normalized spacial score (nSPS) is 15.6. The number of amides is 1. The molecule has 33 heavy (non-hydrogen) atoms. The number of hydrogen-bond donors (Lipinski definition) is 1. The number of aromatic nitrogens is 3. The zero-order chi connectivity index (χ0) is 23.8. The molecule has 3 aromatic heterocycles. The van der Waals surface area contributed by atoms with Crippen LogP contribution in [0.3, 0.4) is 0 Å².